The number of rotatable bonds is 3. The molecule has 0 aromatic heterocycles. The van der Waals surface area contributed by atoms with Crippen LogP contribution in [0.3, 0.4) is 0 Å². The average Bonchev–Trinajstić information content (AvgIpc) is 2.28. The van der Waals surface area contributed by atoms with Crippen molar-refractivity contribution >= 4 is 45.2 Å². The summed E-state index contributed by atoms with van der Waals surface area (Å²) in [4.78, 5) is 22.6. The highest BCUT2D eigenvalue weighted by Crippen LogP contribution is 2.27. The fourth-order valence-corrected chi connectivity index (χ4v) is 1.71. The van der Waals surface area contributed by atoms with Crippen LogP contribution in [0, 0.1) is 0 Å². The van der Waals surface area contributed by atoms with Crippen LogP contribution in [0.1, 0.15) is 6.92 Å². The van der Waals surface area contributed by atoms with E-state index in [1.54, 1.807) is 25.3 Å². The minimum Gasteiger partial charge on any atom is -0.496 e. The highest BCUT2D eigenvalue weighted by atomic mass is 79.9. The molecule has 5 nitrogen and oxygen atoms in total. The molecule has 1 rings (SSSR count). The molecule has 0 radical (unpaired) electrons. The van der Waals surface area contributed by atoms with Crippen LogP contribution in [0.5, 0.6) is 5.75 Å². The zero-order chi connectivity index (χ0) is 13.7. The standard InChI is InChI=1S/C11H12BrClN2O3/c1-6(13)10(16)15-11(17)14-7-3-4-9(18-2)8(12)5-7/h3-6H,1-2H3,(H2,14,15,16,17). The third kappa shape index (κ3) is 4.19. The normalized spacial score (nSPS) is 11.6. The van der Waals surface area contributed by atoms with Gasteiger partial charge in [0.2, 0.25) is 5.91 Å². The number of alkyl halides is 1. The van der Waals surface area contributed by atoms with Gasteiger partial charge in [-0.2, -0.15) is 0 Å². The van der Waals surface area contributed by atoms with Gasteiger partial charge >= 0.3 is 6.03 Å². The maximum atomic E-state index is 11.4. The highest BCUT2D eigenvalue weighted by molar-refractivity contribution is 9.10. The van der Waals surface area contributed by atoms with Crippen molar-refractivity contribution in [2.75, 3.05) is 12.4 Å². The number of anilines is 1. The Morgan fingerprint density at radius 3 is 2.61 bits per heavy atom. The Morgan fingerprint density at radius 2 is 2.11 bits per heavy atom. The van der Waals surface area contributed by atoms with Crippen LogP contribution >= 0.6 is 27.5 Å². The molecular weight excluding hydrogens is 323 g/mol. The Balaban J connectivity index is 2.65. The van der Waals surface area contributed by atoms with Crippen molar-refractivity contribution in [2.45, 2.75) is 12.3 Å². The Kier molecular flexibility index (Phi) is 5.43. The summed E-state index contributed by atoms with van der Waals surface area (Å²) >= 11 is 8.81. The maximum absolute atomic E-state index is 11.4. The van der Waals surface area contributed by atoms with Crippen LogP contribution in [0.15, 0.2) is 22.7 Å². The van der Waals surface area contributed by atoms with Crippen LogP contribution < -0.4 is 15.4 Å². The van der Waals surface area contributed by atoms with Gasteiger partial charge in [0.15, 0.2) is 0 Å². The molecule has 98 valence electrons. The number of hydrogen-bond donors (Lipinski definition) is 2. The van der Waals surface area contributed by atoms with E-state index in [4.69, 9.17) is 16.3 Å². The lowest BCUT2D eigenvalue weighted by Gasteiger charge is -2.09. The van der Waals surface area contributed by atoms with Gasteiger partial charge < -0.3 is 10.1 Å². The first kappa shape index (κ1) is 14.8. The molecule has 0 spiro atoms. The zero-order valence-corrected chi connectivity index (χ0v) is 12.1. The third-order valence-corrected chi connectivity index (χ3v) is 2.83. The van der Waals surface area contributed by atoms with Crippen LogP contribution in [0.4, 0.5) is 10.5 Å². The van der Waals surface area contributed by atoms with Crippen molar-refractivity contribution in [3.63, 3.8) is 0 Å². The number of amides is 3. The topological polar surface area (TPSA) is 67.4 Å². The van der Waals surface area contributed by atoms with Gasteiger partial charge in [-0.1, -0.05) is 0 Å². The van der Waals surface area contributed by atoms with Crippen molar-refractivity contribution < 1.29 is 14.3 Å². The van der Waals surface area contributed by atoms with E-state index in [1.165, 1.54) is 6.92 Å². The summed E-state index contributed by atoms with van der Waals surface area (Å²) in [5.74, 6) is 0.0909. The minimum atomic E-state index is -0.765. The Labute approximate surface area is 118 Å². The number of imide groups is 1. The predicted octanol–water partition coefficient (Wildman–Crippen LogP) is 2.73. The number of methoxy groups -OCH3 is 1. The van der Waals surface area contributed by atoms with Gasteiger partial charge in [0.25, 0.3) is 0 Å². The number of carbonyl (C=O) groups excluding carboxylic acids is 2. The van der Waals surface area contributed by atoms with E-state index in [-0.39, 0.29) is 0 Å². The molecule has 7 heteroatoms. The molecular formula is C11H12BrClN2O3. The first-order valence-corrected chi connectivity index (χ1v) is 6.26. The number of urea groups is 1. The third-order valence-electron chi connectivity index (χ3n) is 2.01. The molecule has 0 saturated heterocycles. The summed E-state index contributed by atoms with van der Waals surface area (Å²) in [5, 5.41) is 3.85. The maximum Gasteiger partial charge on any atom is 0.325 e. The summed E-state index contributed by atoms with van der Waals surface area (Å²) in [6.45, 7) is 1.48. The van der Waals surface area contributed by atoms with E-state index in [0.29, 0.717) is 15.9 Å². The van der Waals surface area contributed by atoms with E-state index in [2.05, 4.69) is 26.6 Å². The van der Waals surface area contributed by atoms with Gasteiger partial charge in [-0.15, -0.1) is 11.6 Å². The number of benzene rings is 1. The van der Waals surface area contributed by atoms with Crippen molar-refractivity contribution in [1.29, 1.82) is 0 Å². The summed E-state index contributed by atoms with van der Waals surface area (Å²) < 4.78 is 5.75. The lowest BCUT2D eigenvalue weighted by Crippen LogP contribution is -2.38. The smallest absolute Gasteiger partial charge is 0.325 e. The van der Waals surface area contributed by atoms with Gasteiger partial charge in [0.05, 0.1) is 11.6 Å². The fraction of sp³-hybridized carbons (Fsp3) is 0.273. The quantitative estimate of drug-likeness (QED) is 0.835. The molecule has 0 heterocycles. The zero-order valence-electron chi connectivity index (χ0n) is 9.79. The average molecular weight is 336 g/mol. The molecule has 3 amide bonds. The first-order valence-electron chi connectivity index (χ1n) is 5.03. The molecule has 0 fully saturated rings. The van der Waals surface area contributed by atoms with Gasteiger partial charge in [-0.3, -0.25) is 10.1 Å². The summed E-state index contributed by atoms with van der Waals surface area (Å²) in [5.41, 5.74) is 0.523. The minimum absolute atomic E-state index is 0.523. The molecule has 1 atom stereocenters. The number of carbonyl (C=O) groups is 2. The van der Waals surface area contributed by atoms with E-state index >= 15 is 0 Å². The van der Waals surface area contributed by atoms with Gasteiger partial charge in [-0.25, -0.2) is 4.79 Å². The second kappa shape index (κ2) is 6.61. The molecule has 1 aromatic carbocycles. The van der Waals surface area contributed by atoms with E-state index in [9.17, 15) is 9.59 Å². The fourth-order valence-electron chi connectivity index (χ4n) is 1.12. The van der Waals surface area contributed by atoms with Crippen LogP contribution in [-0.4, -0.2) is 24.4 Å². The summed E-state index contributed by atoms with van der Waals surface area (Å²) in [6.07, 6.45) is 0. The lowest BCUT2D eigenvalue weighted by molar-refractivity contribution is -0.119. The number of halogens is 2. The summed E-state index contributed by atoms with van der Waals surface area (Å²) in [6, 6.07) is 4.36. The van der Waals surface area contributed by atoms with Gasteiger partial charge in [-0.05, 0) is 41.1 Å². The highest BCUT2D eigenvalue weighted by Gasteiger charge is 2.13. The molecule has 2 N–H and O–H groups in total. The SMILES string of the molecule is COc1ccc(NC(=O)NC(=O)C(C)Cl)cc1Br. The molecule has 18 heavy (non-hydrogen) atoms. The second-order valence-electron chi connectivity index (χ2n) is 3.41. The van der Waals surface area contributed by atoms with Gasteiger partial charge in [0.1, 0.15) is 11.1 Å². The molecule has 0 bridgehead atoms. The van der Waals surface area contributed by atoms with Crippen molar-refractivity contribution in [1.82, 2.24) is 5.32 Å². The van der Waals surface area contributed by atoms with E-state index in [1.807, 2.05) is 0 Å². The molecule has 0 aliphatic carbocycles. The lowest BCUT2D eigenvalue weighted by atomic mass is 10.3. The van der Waals surface area contributed by atoms with Crippen LogP contribution in [-0.2, 0) is 4.79 Å². The monoisotopic (exact) mass is 334 g/mol. The Morgan fingerprint density at radius 1 is 1.44 bits per heavy atom. The first-order chi connectivity index (χ1) is 8.43. The van der Waals surface area contributed by atoms with Crippen molar-refractivity contribution in [2.24, 2.45) is 0 Å². The largest absolute Gasteiger partial charge is 0.496 e. The van der Waals surface area contributed by atoms with Crippen LogP contribution in [0.25, 0.3) is 0 Å². The second-order valence-corrected chi connectivity index (χ2v) is 4.92. The molecule has 1 aromatic rings. The number of ether oxygens (including phenoxy) is 1. The number of hydrogen-bond acceptors (Lipinski definition) is 3. The van der Waals surface area contributed by atoms with Gasteiger partial charge in [0, 0.05) is 5.69 Å². The summed E-state index contributed by atoms with van der Waals surface area (Å²) in [7, 11) is 1.54. The number of nitrogens with one attached hydrogen (secondary N) is 2. The van der Waals surface area contributed by atoms with Crippen molar-refractivity contribution in [3.05, 3.63) is 22.7 Å². The van der Waals surface area contributed by atoms with E-state index in [0.717, 1.165) is 0 Å². The Bertz CT molecular complexity index is 466. The molecule has 0 saturated carbocycles. The van der Waals surface area contributed by atoms with E-state index < -0.39 is 17.3 Å². The van der Waals surface area contributed by atoms with Crippen molar-refractivity contribution in [3.8, 4) is 5.75 Å². The molecule has 0 aliphatic heterocycles. The van der Waals surface area contributed by atoms with Crippen LogP contribution in [0.2, 0.25) is 0 Å². The molecule has 0 aliphatic rings. The molecule has 1 unspecified atom stereocenters. The Hall–Kier alpha value is -1.27. The predicted molar refractivity (Wildman–Crippen MR) is 73.2 cm³/mol.